The average molecular weight is 418 g/mol. The van der Waals surface area contributed by atoms with Crippen LogP contribution in [0.3, 0.4) is 0 Å². The molecule has 0 aliphatic heterocycles. The molecule has 0 aliphatic carbocycles. The molecule has 29 heavy (non-hydrogen) atoms. The van der Waals surface area contributed by atoms with E-state index in [1.54, 1.807) is 12.1 Å². The van der Waals surface area contributed by atoms with Crippen molar-refractivity contribution in [2.45, 2.75) is 13.5 Å². The summed E-state index contributed by atoms with van der Waals surface area (Å²) in [7, 11) is 0.663. The second-order valence-corrected chi connectivity index (χ2v) is 8.25. The van der Waals surface area contributed by atoms with Gasteiger partial charge in [-0.25, -0.2) is 10.2 Å². The molecule has 3 rings (SSSR count). The van der Waals surface area contributed by atoms with E-state index in [1.165, 1.54) is 21.3 Å². The van der Waals surface area contributed by atoms with Crippen molar-refractivity contribution in [2.75, 3.05) is 21.3 Å². The standard InChI is InChI=1S/C19H22N4O5S/c1-11-7-12(5-6-13(11)10-23(2)29(20,25)26)18-14-8-16(27-3)17(28-4)9-15(14)19(24)22-21-18/h5-9H,10H2,1-4H3,(H,22,24)(H2,20,25,26). The molecule has 9 nitrogen and oxygen atoms in total. The normalized spacial score (nSPS) is 11.8. The van der Waals surface area contributed by atoms with Crippen molar-refractivity contribution in [2.24, 2.45) is 5.14 Å². The predicted molar refractivity (Wildman–Crippen MR) is 110 cm³/mol. The number of ether oxygens (including phenoxy) is 2. The SMILES string of the molecule is COc1cc2c(-c3ccc(CN(C)S(N)(=O)=O)c(C)c3)n[nH]c(=O)c2cc1OC. The molecule has 0 fully saturated rings. The number of hydrogen-bond donors (Lipinski definition) is 2. The first-order valence-electron chi connectivity index (χ1n) is 8.64. The molecule has 3 N–H and O–H groups in total. The van der Waals surface area contributed by atoms with Crippen LogP contribution in [0.1, 0.15) is 11.1 Å². The van der Waals surface area contributed by atoms with Crippen LogP contribution in [-0.2, 0) is 16.8 Å². The molecule has 3 aromatic rings. The van der Waals surface area contributed by atoms with Gasteiger partial charge in [0.2, 0.25) is 0 Å². The Balaban J connectivity index is 2.12. The zero-order valence-corrected chi connectivity index (χ0v) is 17.3. The fourth-order valence-corrected chi connectivity index (χ4v) is 3.38. The lowest BCUT2D eigenvalue weighted by atomic mass is 10.00. The fraction of sp³-hybridized carbons (Fsp3) is 0.263. The van der Waals surface area contributed by atoms with Gasteiger partial charge >= 0.3 is 0 Å². The number of H-pyrrole nitrogens is 1. The molecule has 0 spiro atoms. The monoisotopic (exact) mass is 418 g/mol. The fourth-order valence-electron chi connectivity index (χ4n) is 3.06. The Morgan fingerprint density at radius 1 is 1.10 bits per heavy atom. The van der Waals surface area contributed by atoms with Crippen molar-refractivity contribution in [3.05, 3.63) is 51.8 Å². The van der Waals surface area contributed by atoms with E-state index in [9.17, 15) is 13.2 Å². The van der Waals surface area contributed by atoms with Crippen LogP contribution < -0.4 is 20.2 Å². The number of nitrogens with zero attached hydrogens (tertiary/aromatic N) is 2. The number of nitrogens with two attached hydrogens (primary N) is 1. The number of nitrogens with one attached hydrogen (secondary N) is 1. The van der Waals surface area contributed by atoms with Crippen molar-refractivity contribution in [3.63, 3.8) is 0 Å². The van der Waals surface area contributed by atoms with Crippen LogP contribution in [-0.4, -0.2) is 44.2 Å². The minimum atomic E-state index is -3.77. The van der Waals surface area contributed by atoms with E-state index in [0.717, 1.165) is 21.0 Å². The molecule has 0 atom stereocenters. The summed E-state index contributed by atoms with van der Waals surface area (Å²) in [6.45, 7) is 2.02. The third-order valence-corrected chi connectivity index (χ3v) is 5.73. The maximum atomic E-state index is 12.3. The smallest absolute Gasteiger partial charge is 0.276 e. The Labute approximate surface area is 168 Å². The van der Waals surface area contributed by atoms with E-state index in [-0.39, 0.29) is 12.1 Å². The first-order chi connectivity index (χ1) is 13.7. The summed E-state index contributed by atoms with van der Waals surface area (Å²) in [6.07, 6.45) is 0. The largest absolute Gasteiger partial charge is 0.493 e. The quantitative estimate of drug-likeness (QED) is 0.625. The second kappa shape index (κ2) is 7.82. The topological polar surface area (TPSA) is 128 Å². The molecule has 0 amide bonds. The number of aromatic amines is 1. The third-order valence-electron chi connectivity index (χ3n) is 4.74. The highest BCUT2D eigenvalue weighted by molar-refractivity contribution is 7.86. The van der Waals surface area contributed by atoms with E-state index in [1.807, 2.05) is 25.1 Å². The zero-order valence-electron chi connectivity index (χ0n) is 16.5. The summed E-state index contributed by atoms with van der Waals surface area (Å²) >= 11 is 0. The molecule has 10 heteroatoms. The van der Waals surface area contributed by atoms with Crippen LogP contribution in [0.2, 0.25) is 0 Å². The van der Waals surface area contributed by atoms with E-state index in [2.05, 4.69) is 10.2 Å². The van der Waals surface area contributed by atoms with Gasteiger partial charge in [-0.15, -0.1) is 0 Å². The lowest BCUT2D eigenvalue weighted by Crippen LogP contribution is -2.32. The van der Waals surface area contributed by atoms with Crippen LogP contribution in [0.4, 0.5) is 0 Å². The molecular formula is C19H22N4O5S. The zero-order chi connectivity index (χ0) is 21.3. The van der Waals surface area contributed by atoms with Crippen molar-refractivity contribution < 1.29 is 17.9 Å². The number of aromatic nitrogens is 2. The van der Waals surface area contributed by atoms with E-state index >= 15 is 0 Å². The highest BCUT2D eigenvalue weighted by Crippen LogP contribution is 2.35. The Morgan fingerprint density at radius 2 is 1.72 bits per heavy atom. The minimum absolute atomic E-state index is 0.149. The summed E-state index contributed by atoms with van der Waals surface area (Å²) in [4.78, 5) is 12.3. The van der Waals surface area contributed by atoms with Crippen molar-refractivity contribution in [1.29, 1.82) is 0 Å². The van der Waals surface area contributed by atoms with Crippen LogP contribution >= 0.6 is 0 Å². The summed E-state index contributed by atoms with van der Waals surface area (Å²) in [5.41, 5.74) is 2.65. The number of methoxy groups -OCH3 is 2. The number of fused-ring (bicyclic) bond motifs is 1. The maximum absolute atomic E-state index is 12.3. The van der Waals surface area contributed by atoms with Crippen molar-refractivity contribution in [1.82, 2.24) is 14.5 Å². The van der Waals surface area contributed by atoms with Crippen LogP contribution in [0.5, 0.6) is 11.5 Å². The van der Waals surface area contributed by atoms with Gasteiger partial charge in [0.15, 0.2) is 11.5 Å². The van der Waals surface area contributed by atoms with Gasteiger partial charge in [0.05, 0.1) is 25.3 Å². The molecule has 0 unspecified atom stereocenters. The van der Waals surface area contributed by atoms with Gasteiger partial charge in [0, 0.05) is 24.5 Å². The molecule has 0 saturated heterocycles. The Kier molecular flexibility index (Phi) is 5.60. The maximum Gasteiger partial charge on any atom is 0.276 e. The molecule has 154 valence electrons. The van der Waals surface area contributed by atoms with Crippen LogP contribution in [0.25, 0.3) is 22.0 Å². The second-order valence-electron chi connectivity index (χ2n) is 6.60. The Morgan fingerprint density at radius 3 is 2.28 bits per heavy atom. The molecule has 1 heterocycles. The van der Waals surface area contributed by atoms with Gasteiger partial charge in [-0.05, 0) is 36.2 Å². The molecule has 2 aromatic carbocycles. The van der Waals surface area contributed by atoms with Crippen LogP contribution in [0.15, 0.2) is 35.1 Å². The lowest BCUT2D eigenvalue weighted by molar-refractivity contribution is 0.356. The Bertz CT molecular complexity index is 1240. The third kappa shape index (κ3) is 4.09. The summed E-state index contributed by atoms with van der Waals surface area (Å²) in [6, 6.07) is 8.83. The van der Waals surface area contributed by atoms with E-state index < -0.39 is 10.2 Å². The van der Waals surface area contributed by atoms with E-state index in [4.69, 9.17) is 14.6 Å². The first-order valence-corrected chi connectivity index (χ1v) is 10.1. The lowest BCUT2D eigenvalue weighted by Gasteiger charge is -2.16. The number of benzene rings is 2. The molecule has 0 saturated carbocycles. The highest BCUT2D eigenvalue weighted by Gasteiger charge is 2.16. The van der Waals surface area contributed by atoms with Crippen molar-refractivity contribution >= 4 is 21.0 Å². The number of hydrogen-bond acceptors (Lipinski definition) is 6. The first kappa shape index (κ1) is 20.8. The van der Waals surface area contributed by atoms with Gasteiger partial charge in [-0.2, -0.15) is 17.8 Å². The number of aryl methyl sites for hydroxylation is 1. The molecule has 0 aliphatic rings. The summed E-state index contributed by atoms with van der Waals surface area (Å²) < 4.78 is 34.6. The van der Waals surface area contributed by atoms with Gasteiger partial charge in [0.1, 0.15) is 0 Å². The van der Waals surface area contributed by atoms with Gasteiger partial charge in [0.25, 0.3) is 15.8 Å². The minimum Gasteiger partial charge on any atom is -0.493 e. The summed E-state index contributed by atoms with van der Waals surface area (Å²) in [5, 5.41) is 12.9. The molecular weight excluding hydrogens is 396 g/mol. The molecule has 0 radical (unpaired) electrons. The van der Waals surface area contributed by atoms with Gasteiger partial charge in [-0.1, -0.05) is 12.1 Å². The van der Waals surface area contributed by atoms with E-state index in [0.29, 0.717) is 28.0 Å². The van der Waals surface area contributed by atoms with Gasteiger partial charge < -0.3 is 9.47 Å². The summed E-state index contributed by atoms with van der Waals surface area (Å²) in [5.74, 6) is 0.928. The van der Waals surface area contributed by atoms with Gasteiger partial charge in [-0.3, -0.25) is 4.79 Å². The molecule has 0 bridgehead atoms. The predicted octanol–water partition coefficient (Wildman–Crippen LogP) is 1.55. The van der Waals surface area contributed by atoms with Crippen LogP contribution in [0, 0.1) is 6.92 Å². The number of rotatable bonds is 6. The Hall–Kier alpha value is -2.95. The average Bonchev–Trinajstić information content (AvgIpc) is 2.68. The highest BCUT2D eigenvalue weighted by atomic mass is 32.2. The van der Waals surface area contributed by atoms with Crippen molar-refractivity contribution in [3.8, 4) is 22.8 Å². The molecule has 1 aromatic heterocycles.